The molecule has 0 fully saturated rings. The number of nitrogens with zero attached hydrogens (tertiary/aromatic N) is 4. The van der Waals surface area contributed by atoms with Gasteiger partial charge in [-0.2, -0.15) is 5.10 Å². The Bertz CT molecular complexity index is 1200. The zero-order valence-electron chi connectivity index (χ0n) is 17.7. The number of aryl methyl sites for hydroxylation is 2. The lowest BCUT2D eigenvalue weighted by Gasteiger charge is -2.09. The Balaban J connectivity index is 1.93. The van der Waals surface area contributed by atoms with E-state index in [4.69, 9.17) is 0 Å². The van der Waals surface area contributed by atoms with Crippen molar-refractivity contribution in [1.82, 2.24) is 24.1 Å². The molecule has 0 bridgehead atoms. The molecule has 9 heteroatoms. The quantitative estimate of drug-likeness (QED) is 0.438. The Morgan fingerprint density at radius 3 is 2.77 bits per heavy atom. The fraction of sp³-hybridized carbons (Fsp3) is 0.381. The molecule has 0 aliphatic heterocycles. The van der Waals surface area contributed by atoms with E-state index in [1.807, 2.05) is 49.9 Å². The molecule has 0 radical (unpaired) electrons. The number of carbonyl (C=O) groups is 1. The minimum atomic E-state index is -3.65. The fourth-order valence-electron chi connectivity index (χ4n) is 3.35. The normalized spacial score (nSPS) is 12.5. The van der Waals surface area contributed by atoms with Crippen molar-refractivity contribution in [2.24, 2.45) is 7.05 Å². The standard InChI is InChI=1S/C21H27N5O3S/c1-5-6-7-13-30(28,29)24-20(27)15(2)14-18-16(3)23-25(4)21(18)26-12-10-17-9-8-11-22-19(17)26/h8-12,14H,5-7,13H2,1-4H3,(H,24,27)/b15-14+. The number of nitrogens with one attached hydrogen (secondary N) is 1. The van der Waals surface area contributed by atoms with Gasteiger partial charge < -0.3 is 0 Å². The molecule has 0 saturated heterocycles. The van der Waals surface area contributed by atoms with Gasteiger partial charge in [-0.05, 0) is 44.5 Å². The largest absolute Gasteiger partial charge is 0.285 e. The minimum absolute atomic E-state index is 0.0575. The third-order valence-electron chi connectivity index (χ3n) is 4.90. The number of pyridine rings is 1. The van der Waals surface area contributed by atoms with E-state index < -0.39 is 15.9 Å². The number of amides is 1. The first-order chi connectivity index (χ1) is 14.2. The maximum absolute atomic E-state index is 12.5. The maximum atomic E-state index is 12.5. The molecular weight excluding hydrogens is 402 g/mol. The number of sulfonamides is 1. The lowest BCUT2D eigenvalue weighted by molar-refractivity contribution is -0.115. The molecule has 1 N–H and O–H groups in total. The Labute approximate surface area is 176 Å². The Morgan fingerprint density at radius 1 is 1.27 bits per heavy atom. The number of hydrogen-bond acceptors (Lipinski definition) is 5. The van der Waals surface area contributed by atoms with Crippen LogP contribution in [0.2, 0.25) is 0 Å². The van der Waals surface area contributed by atoms with Gasteiger partial charge in [-0.1, -0.05) is 19.8 Å². The Morgan fingerprint density at radius 2 is 2.03 bits per heavy atom. The van der Waals surface area contributed by atoms with Crippen LogP contribution in [-0.4, -0.2) is 39.4 Å². The highest BCUT2D eigenvalue weighted by atomic mass is 32.2. The van der Waals surface area contributed by atoms with Crippen molar-refractivity contribution in [3.05, 3.63) is 47.4 Å². The van der Waals surface area contributed by atoms with Gasteiger partial charge in [-0.15, -0.1) is 0 Å². The summed E-state index contributed by atoms with van der Waals surface area (Å²) in [6.07, 6.45) is 7.54. The van der Waals surface area contributed by atoms with E-state index in [-0.39, 0.29) is 11.3 Å². The van der Waals surface area contributed by atoms with Crippen LogP contribution in [0.3, 0.4) is 0 Å². The SMILES string of the molecule is CCCCCS(=O)(=O)NC(=O)/C(C)=C/c1c(C)nn(C)c1-n1ccc2cccnc21. The van der Waals surface area contributed by atoms with E-state index in [9.17, 15) is 13.2 Å². The molecule has 1 amide bonds. The first-order valence-electron chi connectivity index (χ1n) is 9.92. The van der Waals surface area contributed by atoms with Crippen LogP contribution in [0.1, 0.15) is 44.4 Å². The summed E-state index contributed by atoms with van der Waals surface area (Å²) in [6.45, 7) is 5.44. The van der Waals surface area contributed by atoms with E-state index in [1.165, 1.54) is 0 Å². The highest BCUT2D eigenvalue weighted by molar-refractivity contribution is 7.90. The van der Waals surface area contributed by atoms with Gasteiger partial charge in [0, 0.05) is 36.0 Å². The number of carbonyl (C=O) groups excluding carboxylic acids is 1. The molecular formula is C21H27N5O3S. The van der Waals surface area contributed by atoms with Gasteiger partial charge in [0.1, 0.15) is 11.5 Å². The first-order valence-corrected chi connectivity index (χ1v) is 11.6. The smallest absolute Gasteiger partial charge is 0.260 e. The number of rotatable bonds is 8. The average molecular weight is 430 g/mol. The summed E-state index contributed by atoms with van der Waals surface area (Å²) in [5.41, 5.74) is 2.52. The van der Waals surface area contributed by atoms with E-state index in [1.54, 1.807) is 23.9 Å². The lowest BCUT2D eigenvalue weighted by atomic mass is 10.1. The van der Waals surface area contributed by atoms with Crippen LogP contribution >= 0.6 is 0 Å². The van der Waals surface area contributed by atoms with E-state index in [0.29, 0.717) is 6.42 Å². The molecule has 8 nitrogen and oxygen atoms in total. The second kappa shape index (κ2) is 8.83. The van der Waals surface area contributed by atoms with Crippen LogP contribution < -0.4 is 4.72 Å². The fourth-order valence-corrected chi connectivity index (χ4v) is 4.48. The summed E-state index contributed by atoms with van der Waals surface area (Å²) in [4.78, 5) is 17.0. The van der Waals surface area contributed by atoms with Crippen molar-refractivity contribution >= 4 is 33.0 Å². The van der Waals surface area contributed by atoms with Gasteiger partial charge in [-0.25, -0.2) is 18.1 Å². The molecule has 30 heavy (non-hydrogen) atoms. The average Bonchev–Trinajstić information content (AvgIpc) is 3.22. The summed E-state index contributed by atoms with van der Waals surface area (Å²) in [5.74, 6) is 0.0632. The summed E-state index contributed by atoms with van der Waals surface area (Å²) in [6, 6.07) is 5.80. The van der Waals surface area contributed by atoms with Gasteiger partial charge in [0.15, 0.2) is 0 Å². The summed E-state index contributed by atoms with van der Waals surface area (Å²) >= 11 is 0. The van der Waals surface area contributed by atoms with Gasteiger partial charge in [0.2, 0.25) is 10.0 Å². The van der Waals surface area contributed by atoms with Crippen LogP contribution in [0.25, 0.3) is 22.9 Å². The zero-order valence-corrected chi connectivity index (χ0v) is 18.5. The van der Waals surface area contributed by atoms with Crippen molar-refractivity contribution in [2.45, 2.75) is 40.0 Å². The molecule has 0 aliphatic carbocycles. The van der Waals surface area contributed by atoms with Crippen molar-refractivity contribution in [3.8, 4) is 5.82 Å². The molecule has 3 heterocycles. The van der Waals surface area contributed by atoms with E-state index in [2.05, 4.69) is 14.8 Å². The number of aromatic nitrogens is 4. The maximum Gasteiger partial charge on any atom is 0.260 e. The van der Waals surface area contributed by atoms with E-state index >= 15 is 0 Å². The van der Waals surface area contributed by atoms with Crippen molar-refractivity contribution in [1.29, 1.82) is 0 Å². The first kappa shape index (κ1) is 21.8. The van der Waals surface area contributed by atoms with Crippen LogP contribution in [0.15, 0.2) is 36.2 Å². The number of hydrogen-bond donors (Lipinski definition) is 1. The summed E-state index contributed by atoms with van der Waals surface area (Å²) in [5, 5.41) is 5.47. The highest BCUT2D eigenvalue weighted by Crippen LogP contribution is 2.25. The van der Waals surface area contributed by atoms with Crippen molar-refractivity contribution in [3.63, 3.8) is 0 Å². The number of unbranched alkanes of at least 4 members (excludes halogenated alkanes) is 2. The zero-order chi connectivity index (χ0) is 21.9. The molecule has 0 atom stereocenters. The van der Waals surface area contributed by atoms with Crippen LogP contribution in [0, 0.1) is 6.92 Å². The van der Waals surface area contributed by atoms with Crippen LogP contribution in [0.5, 0.6) is 0 Å². The molecule has 0 aromatic carbocycles. The monoisotopic (exact) mass is 429 g/mol. The predicted molar refractivity (Wildman–Crippen MR) is 118 cm³/mol. The topological polar surface area (TPSA) is 98.9 Å². The van der Waals surface area contributed by atoms with Crippen LogP contribution in [0.4, 0.5) is 0 Å². The summed E-state index contributed by atoms with van der Waals surface area (Å²) < 4.78 is 30.1. The molecule has 0 spiro atoms. The van der Waals surface area contributed by atoms with Gasteiger partial charge in [-0.3, -0.25) is 14.0 Å². The predicted octanol–water partition coefficient (Wildman–Crippen LogP) is 3.11. The van der Waals surface area contributed by atoms with Crippen molar-refractivity contribution in [2.75, 3.05) is 5.75 Å². The lowest BCUT2D eigenvalue weighted by Crippen LogP contribution is -2.33. The summed E-state index contributed by atoms with van der Waals surface area (Å²) in [7, 11) is -1.83. The van der Waals surface area contributed by atoms with Crippen molar-refractivity contribution < 1.29 is 13.2 Å². The molecule has 0 unspecified atom stereocenters. The Hall–Kier alpha value is -2.94. The molecule has 160 valence electrons. The van der Waals surface area contributed by atoms with Gasteiger partial charge in [0.25, 0.3) is 5.91 Å². The third-order valence-corrected chi connectivity index (χ3v) is 6.22. The molecule has 0 aliphatic rings. The second-order valence-electron chi connectivity index (χ2n) is 7.33. The second-order valence-corrected chi connectivity index (χ2v) is 9.17. The molecule has 3 aromatic heterocycles. The van der Waals surface area contributed by atoms with Gasteiger partial charge in [0.05, 0.1) is 11.4 Å². The third kappa shape index (κ3) is 4.62. The molecule has 3 aromatic rings. The minimum Gasteiger partial charge on any atom is -0.285 e. The van der Waals surface area contributed by atoms with E-state index in [0.717, 1.165) is 41.0 Å². The highest BCUT2D eigenvalue weighted by Gasteiger charge is 2.19. The van der Waals surface area contributed by atoms with Gasteiger partial charge >= 0.3 is 0 Å². The molecule has 0 saturated carbocycles. The van der Waals surface area contributed by atoms with Crippen LogP contribution in [-0.2, 0) is 21.9 Å². The Kier molecular flexibility index (Phi) is 6.40. The molecule has 3 rings (SSSR count). The number of fused-ring (bicyclic) bond motifs is 1.